The number of methoxy groups -OCH3 is 1. The van der Waals surface area contributed by atoms with Crippen molar-refractivity contribution < 1.29 is 4.74 Å². The standard InChI is InChI=1S/C12H15NO/c1-8(13)10-6-9-4-3-5-12(14-2)11(9)7-10/h3-6,8H,7,13H2,1-2H3. The van der Waals surface area contributed by atoms with E-state index in [1.165, 1.54) is 16.7 Å². The van der Waals surface area contributed by atoms with Gasteiger partial charge in [0.2, 0.25) is 0 Å². The molecule has 2 N–H and O–H groups in total. The minimum atomic E-state index is 0.132. The van der Waals surface area contributed by atoms with Gasteiger partial charge in [0.25, 0.3) is 0 Å². The van der Waals surface area contributed by atoms with Gasteiger partial charge in [-0.25, -0.2) is 0 Å². The van der Waals surface area contributed by atoms with Crippen LogP contribution >= 0.6 is 0 Å². The Balaban J connectivity index is 2.39. The summed E-state index contributed by atoms with van der Waals surface area (Å²) in [6.07, 6.45) is 3.10. The third-order valence-corrected chi connectivity index (χ3v) is 2.70. The van der Waals surface area contributed by atoms with Gasteiger partial charge in [0.05, 0.1) is 7.11 Å². The molecule has 74 valence electrons. The third-order valence-electron chi connectivity index (χ3n) is 2.70. The van der Waals surface area contributed by atoms with Crippen molar-refractivity contribution in [3.63, 3.8) is 0 Å². The summed E-state index contributed by atoms with van der Waals surface area (Å²) < 4.78 is 5.31. The Labute approximate surface area is 84.4 Å². The maximum absolute atomic E-state index is 5.86. The average molecular weight is 189 g/mol. The van der Waals surface area contributed by atoms with Crippen molar-refractivity contribution >= 4 is 6.08 Å². The van der Waals surface area contributed by atoms with E-state index in [2.05, 4.69) is 12.1 Å². The summed E-state index contributed by atoms with van der Waals surface area (Å²) in [4.78, 5) is 0. The molecule has 0 saturated carbocycles. The summed E-state index contributed by atoms with van der Waals surface area (Å²) in [6, 6.07) is 6.24. The third kappa shape index (κ3) is 1.42. The summed E-state index contributed by atoms with van der Waals surface area (Å²) in [7, 11) is 1.71. The molecular formula is C12H15NO. The lowest BCUT2D eigenvalue weighted by molar-refractivity contribution is 0.410. The first kappa shape index (κ1) is 9.28. The monoisotopic (exact) mass is 189 g/mol. The molecule has 0 bridgehead atoms. The topological polar surface area (TPSA) is 35.2 Å². The van der Waals surface area contributed by atoms with Crippen molar-refractivity contribution in [2.75, 3.05) is 7.11 Å². The van der Waals surface area contributed by atoms with Gasteiger partial charge in [-0.1, -0.05) is 18.2 Å². The molecule has 1 aliphatic rings. The molecule has 0 heterocycles. The predicted octanol–water partition coefficient (Wildman–Crippen LogP) is 1.98. The number of benzene rings is 1. The Morgan fingerprint density at radius 3 is 2.86 bits per heavy atom. The number of hydrogen-bond donors (Lipinski definition) is 1. The number of hydrogen-bond acceptors (Lipinski definition) is 2. The smallest absolute Gasteiger partial charge is 0.122 e. The van der Waals surface area contributed by atoms with Gasteiger partial charge >= 0.3 is 0 Å². The maximum atomic E-state index is 5.86. The normalized spacial score (nSPS) is 16.1. The zero-order valence-electron chi connectivity index (χ0n) is 8.58. The van der Waals surface area contributed by atoms with Gasteiger partial charge in [0.1, 0.15) is 5.75 Å². The Morgan fingerprint density at radius 2 is 2.21 bits per heavy atom. The van der Waals surface area contributed by atoms with Gasteiger partial charge in [-0.05, 0) is 30.5 Å². The van der Waals surface area contributed by atoms with E-state index in [1.54, 1.807) is 7.11 Å². The highest BCUT2D eigenvalue weighted by Gasteiger charge is 2.18. The molecule has 0 aromatic heterocycles. The van der Waals surface area contributed by atoms with E-state index < -0.39 is 0 Å². The van der Waals surface area contributed by atoms with Crippen molar-refractivity contribution in [2.45, 2.75) is 19.4 Å². The van der Waals surface area contributed by atoms with Crippen molar-refractivity contribution in [1.29, 1.82) is 0 Å². The lowest BCUT2D eigenvalue weighted by atomic mass is 10.1. The van der Waals surface area contributed by atoms with Gasteiger partial charge in [-0.15, -0.1) is 0 Å². The molecule has 2 rings (SSSR count). The predicted molar refractivity (Wildman–Crippen MR) is 58.3 cm³/mol. The minimum absolute atomic E-state index is 0.132. The van der Waals surface area contributed by atoms with Crippen LogP contribution in [0.25, 0.3) is 6.08 Å². The molecule has 2 nitrogen and oxygen atoms in total. The molecule has 14 heavy (non-hydrogen) atoms. The minimum Gasteiger partial charge on any atom is -0.496 e. The van der Waals surface area contributed by atoms with Crippen LogP contribution in [-0.2, 0) is 6.42 Å². The van der Waals surface area contributed by atoms with E-state index >= 15 is 0 Å². The zero-order chi connectivity index (χ0) is 10.1. The molecule has 0 spiro atoms. The fraction of sp³-hybridized carbons (Fsp3) is 0.333. The van der Waals surface area contributed by atoms with Crippen LogP contribution in [-0.4, -0.2) is 13.2 Å². The molecule has 0 radical (unpaired) electrons. The van der Waals surface area contributed by atoms with Gasteiger partial charge in [0, 0.05) is 11.6 Å². The summed E-state index contributed by atoms with van der Waals surface area (Å²) in [5, 5.41) is 0. The highest BCUT2D eigenvalue weighted by Crippen LogP contribution is 2.32. The van der Waals surface area contributed by atoms with Gasteiger partial charge in [-0.2, -0.15) is 0 Å². The van der Waals surface area contributed by atoms with E-state index in [0.717, 1.165) is 12.2 Å². The van der Waals surface area contributed by atoms with Crippen molar-refractivity contribution in [3.8, 4) is 5.75 Å². The highest BCUT2D eigenvalue weighted by atomic mass is 16.5. The molecule has 1 aromatic rings. The number of ether oxygens (including phenoxy) is 1. The lowest BCUT2D eigenvalue weighted by Gasteiger charge is -2.08. The first-order chi connectivity index (χ1) is 6.72. The SMILES string of the molecule is COc1cccc2c1CC(C(C)N)=C2. The summed E-state index contributed by atoms with van der Waals surface area (Å²) in [5.74, 6) is 0.967. The van der Waals surface area contributed by atoms with Crippen LogP contribution < -0.4 is 10.5 Å². The van der Waals surface area contributed by atoms with E-state index in [-0.39, 0.29) is 6.04 Å². The summed E-state index contributed by atoms with van der Waals surface area (Å²) in [5.41, 5.74) is 9.65. The second-order valence-corrected chi connectivity index (χ2v) is 3.71. The average Bonchev–Trinajstić information content (AvgIpc) is 2.60. The van der Waals surface area contributed by atoms with Crippen molar-refractivity contribution in [2.24, 2.45) is 5.73 Å². The fourth-order valence-corrected chi connectivity index (χ4v) is 1.85. The van der Waals surface area contributed by atoms with Crippen LogP contribution in [0.2, 0.25) is 0 Å². The first-order valence-electron chi connectivity index (χ1n) is 4.84. The Bertz CT molecular complexity index is 380. The van der Waals surface area contributed by atoms with Crippen molar-refractivity contribution in [1.82, 2.24) is 0 Å². The van der Waals surface area contributed by atoms with E-state index in [0.29, 0.717) is 0 Å². The first-order valence-corrected chi connectivity index (χ1v) is 4.84. The lowest BCUT2D eigenvalue weighted by Crippen LogP contribution is -2.17. The Morgan fingerprint density at radius 1 is 1.43 bits per heavy atom. The molecule has 0 fully saturated rings. The Kier molecular flexibility index (Phi) is 2.30. The van der Waals surface area contributed by atoms with Crippen LogP contribution in [0.1, 0.15) is 18.1 Å². The molecule has 0 aliphatic heterocycles. The molecular weight excluding hydrogens is 174 g/mol. The number of nitrogens with two attached hydrogens (primary N) is 1. The number of fused-ring (bicyclic) bond motifs is 1. The molecule has 0 saturated heterocycles. The van der Waals surface area contributed by atoms with Crippen molar-refractivity contribution in [3.05, 3.63) is 34.9 Å². The van der Waals surface area contributed by atoms with Gasteiger partial charge in [0.15, 0.2) is 0 Å². The molecule has 1 atom stereocenters. The summed E-state index contributed by atoms with van der Waals surface area (Å²) in [6.45, 7) is 2.02. The quantitative estimate of drug-likeness (QED) is 0.772. The Hall–Kier alpha value is -1.28. The van der Waals surface area contributed by atoms with Crippen LogP contribution in [0.5, 0.6) is 5.75 Å². The van der Waals surface area contributed by atoms with E-state index in [1.807, 2.05) is 19.1 Å². The molecule has 0 amide bonds. The molecule has 1 aromatic carbocycles. The highest BCUT2D eigenvalue weighted by molar-refractivity contribution is 5.67. The van der Waals surface area contributed by atoms with Crippen LogP contribution in [0.4, 0.5) is 0 Å². The van der Waals surface area contributed by atoms with E-state index in [4.69, 9.17) is 10.5 Å². The second kappa shape index (κ2) is 3.46. The number of rotatable bonds is 2. The fourth-order valence-electron chi connectivity index (χ4n) is 1.85. The zero-order valence-corrected chi connectivity index (χ0v) is 8.58. The summed E-state index contributed by atoms with van der Waals surface area (Å²) >= 11 is 0. The van der Waals surface area contributed by atoms with Crippen LogP contribution in [0.3, 0.4) is 0 Å². The van der Waals surface area contributed by atoms with Gasteiger partial charge < -0.3 is 10.5 Å². The molecule has 1 aliphatic carbocycles. The largest absolute Gasteiger partial charge is 0.496 e. The van der Waals surface area contributed by atoms with Crippen LogP contribution in [0.15, 0.2) is 23.8 Å². The molecule has 2 heteroatoms. The van der Waals surface area contributed by atoms with Gasteiger partial charge in [-0.3, -0.25) is 0 Å². The molecule has 1 unspecified atom stereocenters. The maximum Gasteiger partial charge on any atom is 0.122 e. The van der Waals surface area contributed by atoms with Crippen LogP contribution in [0, 0.1) is 0 Å². The second-order valence-electron chi connectivity index (χ2n) is 3.71. The van der Waals surface area contributed by atoms with E-state index in [9.17, 15) is 0 Å².